The maximum atomic E-state index is 14.4. The summed E-state index contributed by atoms with van der Waals surface area (Å²) in [6.45, 7) is 1.69. The van der Waals surface area contributed by atoms with E-state index < -0.39 is 51.5 Å². The third kappa shape index (κ3) is 4.86. The number of hydrogen-bond donors (Lipinski definition) is 2. The van der Waals surface area contributed by atoms with Crippen LogP contribution in [0.4, 0.5) is 26.7 Å². The lowest BCUT2D eigenvalue weighted by atomic mass is 10.0. The van der Waals surface area contributed by atoms with Gasteiger partial charge in [0, 0.05) is 17.5 Å². The molecule has 34 heavy (non-hydrogen) atoms. The van der Waals surface area contributed by atoms with E-state index >= 15 is 0 Å². The van der Waals surface area contributed by atoms with Crippen molar-refractivity contribution in [2.45, 2.75) is 25.7 Å². The summed E-state index contributed by atoms with van der Waals surface area (Å²) in [4.78, 5) is 23.7. The predicted octanol–water partition coefficient (Wildman–Crippen LogP) is 6.99. The lowest BCUT2D eigenvalue weighted by Gasteiger charge is -2.23. The summed E-state index contributed by atoms with van der Waals surface area (Å²) >= 11 is 16.9. The van der Waals surface area contributed by atoms with E-state index in [0.717, 1.165) is 0 Å². The highest BCUT2D eigenvalue weighted by molar-refractivity contribution is 6.35. The van der Waals surface area contributed by atoms with Crippen LogP contribution in [0.2, 0.25) is 15.1 Å². The van der Waals surface area contributed by atoms with Crippen LogP contribution in [0.1, 0.15) is 29.0 Å². The van der Waals surface area contributed by atoms with E-state index in [1.807, 2.05) is 0 Å². The maximum Gasteiger partial charge on any atom is 0.511 e. The minimum atomic E-state index is -5.21. The molecule has 1 amide bonds. The number of aromatic nitrogens is 1. The lowest BCUT2D eigenvalue weighted by molar-refractivity contribution is -0.155. The molecule has 0 saturated heterocycles. The van der Waals surface area contributed by atoms with Crippen LogP contribution in [-0.4, -0.2) is 27.9 Å². The Kier molecular flexibility index (Phi) is 7.20. The molecule has 6 nitrogen and oxygen atoms in total. The second kappa shape index (κ2) is 9.47. The van der Waals surface area contributed by atoms with Gasteiger partial charge in [-0.2, -0.15) is 13.2 Å². The molecular formula is C20H12Cl3F5N2O4. The Bertz CT molecular complexity index is 1310. The number of fused-ring (bicyclic) bond motifs is 1. The van der Waals surface area contributed by atoms with E-state index in [0.29, 0.717) is 6.07 Å². The molecular weight excluding hydrogens is 534 g/mol. The van der Waals surface area contributed by atoms with E-state index in [-0.39, 0.29) is 33.9 Å². The molecule has 2 aromatic carbocycles. The van der Waals surface area contributed by atoms with Gasteiger partial charge in [-0.25, -0.2) is 13.6 Å². The molecule has 2 N–H and O–H groups in total. The molecule has 3 rings (SSSR count). The fourth-order valence-electron chi connectivity index (χ4n) is 3.31. The summed E-state index contributed by atoms with van der Waals surface area (Å²) in [6.07, 6.45) is -6.86. The molecule has 1 atom stereocenters. The van der Waals surface area contributed by atoms with Crippen molar-refractivity contribution in [3.05, 3.63) is 62.2 Å². The second-order valence-corrected chi connectivity index (χ2v) is 8.01. The predicted molar refractivity (Wildman–Crippen MR) is 114 cm³/mol. The van der Waals surface area contributed by atoms with Crippen molar-refractivity contribution in [3.8, 4) is 5.75 Å². The van der Waals surface area contributed by atoms with Crippen molar-refractivity contribution < 1.29 is 41.4 Å². The second-order valence-electron chi connectivity index (χ2n) is 6.82. The van der Waals surface area contributed by atoms with E-state index in [1.165, 1.54) is 22.8 Å². The van der Waals surface area contributed by atoms with Gasteiger partial charge in [0.05, 0.1) is 15.6 Å². The number of ether oxygens (including phenoxy) is 1. The topological polar surface area (TPSA) is 80.6 Å². The summed E-state index contributed by atoms with van der Waals surface area (Å²) in [5, 5.41) is 8.45. The van der Waals surface area contributed by atoms with Crippen molar-refractivity contribution >= 4 is 57.8 Å². The van der Waals surface area contributed by atoms with E-state index in [9.17, 15) is 31.5 Å². The Morgan fingerprint density at radius 3 is 2.29 bits per heavy atom. The highest BCUT2D eigenvalue weighted by atomic mass is 35.5. The molecule has 0 spiro atoms. The minimum Gasteiger partial charge on any atom is -0.449 e. The maximum absolute atomic E-state index is 14.4. The molecule has 1 aromatic heterocycles. The Labute approximate surface area is 202 Å². The van der Waals surface area contributed by atoms with Crippen LogP contribution in [0.5, 0.6) is 5.75 Å². The normalized spacial score (nSPS) is 12.6. The highest BCUT2D eigenvalue weighted by Crippen LogP contribution is 2.39. The molecule has 0 aliphatic carbocycles. The summed E-state index contributed by atoms with van der Waals surface area (Å²) in [5.74, 6) is -4.70. The monoisotopic (exact) mass is 544 g/mol. The standard InChI is InChI=1S/C20H12Cl3F5N2O4/c1-2-30-11-6-9(21)13(34-19(32)33)4-7(11)3-12(30)18(31)29-17(20(26,27)28)8-5-10(22)16(25)14(23)15(8)24/h3-6,17H,2H2,1H3,(H,29,31)(H,32,33). The number of carbonyl (C=O) groups is 2. The number of aryl methyl sites for hydroxylation is 1. The number of carboxylic acid groups (broad SMARTS) is 1. The molecule has 0 bridgehead atoms. The quantitative estimate of drug-likeness (QED) is 0.119. The third-order valence-electron chi connectivity index (χ3n) is 4.75. The minimum absolute atomic E-state index is 0.0982. The Morgan fingerprint density at radius 2 is 1.74 bits per heavy atom. The number of benzene rings is 2. The Balaban J connectivity index is 2.09. The number of alkyl halides is 3. The molecule has 0 aliphatic heterocycles. The fraction of sp³-hybridized carbons (Fsp3) is 0.200. The van der Waals surface area contributed by atoms with Gasteiger partial charge >= 0.3 is 12.3 Å². The molecule has 1 unspecified atom stereocenters. The van der Waals surface area contributed by atoms with Gasteiger partial charge in [0.2, 0.25) is 0 Å². The summed E-state index contributed by atoms with van der Waals surface area (Å²) in [7, 11) is 0. The van der Waals surface area contributed by atoms with Crippen LogP contribution < -0.4 is 10.1 Å². The van der Waals surface area contributed by atoms with E-state index in [1.54, 1.807) is 12.2 Å². The zero-order chi connectivity index (χ0) is 25.5. The first-order valence-electron chi connectivity index (χ1n) is 9.20. The number of nitrogens with one attached hydrogen (secondary N) is 1. The van der Waals surface area contributed by atoms with Gasteiger partial charge in [0.1, 0.15) is 16.5 Å². The Hall–Kier alpha value is -2.76. The third-order valence-corrected chi connectivity index (χ3v) is 5.65. The van der Waals surface area contributed by atoms with Gasteiger partial charge in [-0.15, -0.1) is 0 Å². The molecule has 182 valence electrons. The van der Waals surface area contributed by atoms with Crippen molar-refractivity contribution in [3.63, 3.8) is 0 Å². The van der Waals surface area contributed by atoms with Crippen molar-refractivity contribution in [1.29, 1.82) is 0 Å². The van der Waals surface area contributed by atoms with Crippen LogP contribution in [-0.2, 0) is 6.54 Å². The largest absolute Gasteiger partial charge is 0.511 e. The first-order chi connectivity index (χ1) is 15.8. The molecule has 0 aliphatic rings. The van der Waals surface area contributed by atoms with Gasteiger partial charge in [-0.05, 0) is 31.2 Å². The van der Waals surface area contributed by atoms with Crippen LogP contribution in [0.25, 0.3) is 10.9 Å². The summed E-state index contributed by atoms with van der Waals surface area (Å²) < 4.78 is 75.3. The van der Waals surface area contributed by atoms with Crippen LogP contribution in [0.15, 0.2) is 24.3 Å². The lowest BCUT2D eigenvalue weighted by Crippen LogP contribution is -2.39. The smallest absolute Gasteiger partial charge is 0.449 e. The molecule has 1 heterocycles. The van der Waals surface area contributed by atoms with Gasteiger partial charge in [0.25, 0.3) is 5.91 Å². The van der Waals surface area contributed by atoms with Crippen molar-refractivity contribution in [2.24, 2.45) is 0 Å². The number of carbonyl (C=O) groups excluding carboxylic acids is 1. The molecule has 0 saturated carbocycles. The van der Waals surface area contributed by atoms with Crippen LogP contribution in [0.3, 0.4) is 0 Å². The first-order valence-corrected chi connectivity index (χ1v) is 10.3. The average Bonchev–Trinajstić information content (AvgIpc) is 3.09. The van der Waals surface area contributed by atoms with Gasteiger partial charge in [0.15, 0.2) is 17.6 Å². The van der Waals surface area contributed by atoms with Crippen molar-refractivity contribution in [2.75, 3.05) is 0 Å². The van der Waals surface area contributed by atoms with E-state index in [2.05, 4.69) is 4.74 Å². The Morgan fingerprint density at radius 1 is 1.09 bits per heavy atom. The van der Waals surface area contributed by atoms with Gasteiger partial charge in [-0.1, -0.05) is 34.8 Å². The number of hydrogen-bond acceptors (Lipinski definition) is 3. The summed E-state index contributed by atoms with van der Waals surface area (Å²) in [5.41, 5.74) is -1.18. The number of halogens is 8. The molecule has 3 aromatic rings. The first kappa shape index (κ1) is 25.9. The summed E-state index contributed by atoms with van der Waals surface area (Å²) in [6, 6.07) is 1.10. The van der Waals surface area contributed by atoms with Gasteiger partial charge in [-0.3, -0.25) is 4.79 Å². The highest BCUT2D eigenvalue weighted by Gasteiger charge is 2.44. The molecule has 0 fully saturated rings. The SMILES string of the molecule is CCn1c(C(=O)NC(c2cc(Cl)c(F)c(Cl)c2F)C(F)(F)F)cc2cc(OC(=O)O)c(Cl)cc21. The number of rotatable bonds is 5. The number of amides is 1. The molecule has 14 heteroatoms. The van der Waals surface area contributed by atoms with Crippen molar-refractivity contribution in [1.82, 2.24) is 9.88 Å². The van der Waals surface area contributed by atoms with Crippen LogP contribution in [0, 0.1) is 11.6 Å². The zero-order valence-corrected chi connectivity index (χ0v) is 19.0. The average molecular weight is 546 g/mol. The molecule has 0 radical (unpaired) electrons. The van der Waals surface area contributed by atoms with E-state index in [4.69, 9.17) is 39.9 Å². The van der Waals surface area contributed by atoms with Crippen LogP contribution >= 0.6 is 34.8 Å². The number of nitrogens with zero attached hydrogens (tertiary/aromatic N) is 1. The zero-order valence-electron chi connectivity index (χ0n) is 16.7. The van der Waals surface area contributed by atoms with Gasteiger partial charge < -0.3 is 19.7 Å². The fourth-order valence-corrected chi connectivity index (χ4v) is 3.97.